The van der Waals surface area contributed by atoms with Gasteiger partial charge in [-0.15, -0.1) is 11.3 Å². The molecule has 0 spiro atoms. The molecule has 0 fully saturated rings. The Morgan fingerprint density at radius 3 is 1.67 bits per heavy atom. The van der Waals surface area contributed by atoms with Crippen LogP contribution in [0.5, 0.6) is 0 Å². The highest BCUT2D eigenvalue weighted by molar-refractivity contribution is 7.21. The molecule has 0 aliphatic rings. The first-order valence-corrected chi connectivity index (χ1v) is 16.5. The summed E-state index contributed by atoms with van der Waals surface area (Å²) in [5.41, 5.74) is 11.1. The zero-order valence-corrected chi connectivity index (χ0v) is 25.9. The molecule has 46 heavy (non-hydrogen) atoms. The van der Waals surface area contributed by atoms with E-state index < -0.39 is 0 Å². The molecule has 0 N–H and O–H groups in total. The number of thiophene rings is 1. The molecule has 0 atom stereocenters. The first-order valence-electron chi connectivity index (χ1n) is 15.7. The van der Waals surface area contributed by atoms with E-state index in [4.69, 9.17) is 0 Å². The normalized spacial score (nSPS) is 11.5. The van der Waals surface area contributed by atoms with Gasteiger partial charge in [0.15, 0.2) is 0 Å². The first-order chi connectivity index (χ1) is 22.8. The third-order valence-corrected chi connectivity index (χ3v) is 10.3. The van der Waals surface area contributed by atoms with E-state index in [1.165, 1.54) is 75.7 Å². The van der Waals surface area contributed by atoms with E-state index in [0.29, 0.717) is 0 Å². The lowest BCUT2D eigenvalue weighted by Gasteiger charge is -2.15. The summed E-state index contributed by atoms with van der Waals surface area (Å²) in [5.74, 6) is 0. The van der Waals surface area contributed by atoms with Gasteiger partial charge in [0.1, 0.15) is 0 Å². The Kier molecular flexibility index (Phi) is 6.40. The van der Waals surface area contributed by atoms with Gasteiger partial charge in [-0.3, -0.25) is 0 Å². The molecule has 1 nitrogen and oxygen atoms in total. The Morgan fingerprint density at radius 2 is 0.935 bits per heavy atom. The second kappa shape index (κ2) is 11.0. The summed E-state index contributed by atoms with van der Waals surface area (Å²) in [7, 11) is 0. The summed E-state index contributed by atoms with van der Waals surface area (Å²) in [5, 5.41) is 5.10. The van der Waals surface area contributed by atoms with E-state index in [2.05, 4.69) is 180 Å². The Morgan fingerprint density at radius 1 is 0.370 bits per heavy atom. The van der Waals surface area contributed by atoms with Gasteiger partial charge in [-0.2, -0.15) is 0 Å². The number of benzene rings is 7. The maximum atomic E-state index is 2.45. The monoisotopic (exact) mass is 603 g/mol. The molecule has 0 bridgehead atoms. The summed E-state index contributed by atoms with van der Waals surface area (Å²) < 4.78 is 2.45. The zero-order valence-electron chi connectivity index (χ0n) is 25.1. The SMILES string of the molecule is c1ccc(-c2cccc(-c3sc(-c4ccc5c6ccccc6n(-c6ccccc6)c5c4-c4ccccc4)c4ccccc34)c2)cc1. The lowest BCUT2D eigenvalue weighted by molar-refractivity contribution is 1.18. The van der Waals surface area contributed by atoms with Gasteiger partial charge in [0, 0.05) is 48.1 Å². The molecule has 2 aromatic heterocycles. The van der Waals surface area contributed by atoms with Crippen molar-refractivity contribution in [3.05, 3.63) is 176 Å². The van der Waals surface area contributed by atoms with Crippen LogP contribution in [0.3, 0.4) is 0 Å². The molecule has 7 aromatic carbocycles. The van der Waals surface area contributed by atoms with E-state index >= 15 is 0 Å². The van der Waals surface area contributed by atoms with Crippen molar-refractivity contribution in [1.82, 2.24) is 4.57 Å². The Labute approximate surface area is 272 Å². The van der Waals surface area contributed by atoms with Crippen LogP contribution in [0.2, 0.25) is 0 Å². The zero-order chi connectivity index (χ0) is 30.5. The standard InChI is InChI=1S/C44H29NS/c1-4-15-30(16-5-1)32-19-14-20-33(29-32)43-37-24-10-11-25-38(37)44(46-43)39-28-27-36-35-23-12-13-26-40(35)45(34-21-8-3-9-22-34)42(36)41(39)31-17-6-2-7-18-31/h1-29H. The fourth-order valence-electron chi connectivity index (χ4n) is 6.97. The minimum atomic E-state index is 1.16. The Bertz CT molecular complexity index is 2500. The first kappa shape index (κ1) is 26.7. The molecule has 2 heterocycles. The summed E-state index contributed by atoms with van der Waals surface area (Å²) in [6.45, 7) is 0. The van der Waals surface area contributed by atoms with E-state index in [0.717, 1.165) is 5.69 Å². The van der Waals surface area contributed by atoms with Crippen molar-refractivity contribution < 1.29 is 0 Å². The molecule has 216 valence electrons. The highest BCUT2D eigenvalue weighted by Gasteiger charge is 2.23. The van der Waals surface area contributed by atoms with Gasteiger partial charge in [-0.05, 0) is 46.5 Å². The summed E-state index contributed by atoms with van der Waals surface area (Å²) in [4.78, 5) is 2.59. The van der Waals surface area contributed by atoms with E-state index in [-0.39, 0.29) is 0 Å². The fourth-order valence-corrected chi connectivity index (χ4v) is 8.27. The number of para-hydroxylation sites is 2. The fraction of sp³-hybridized carbons (Fsp3) is 0. The molecule has 9 aromatic rings. The molecule has 0 aliphatic carbocycles. The van der Waals surface area contributed by atoms with Crippen molar-refractivity contribution in [2.24, 2.45) is 0 Å². The predicted molar refractivity (Wildman–Crippen MR) is 198 cm³/mol. The second-order valence-electron chi connectivity index (χ2n) is 11.7. The van der Waals surface area contributed by atoms with Crippen molar-refractivity contribution in [2.75, 3.05) is 0 Å². The summed E-state index contributed by atoms with van der Waals surface area (Å²) >= 11 is 1.90. The van der Waals surface area contributed by atoms with Gasteiger partial charge < -0.3 is 4.57 Å². The largest absolute Gasteiger partial charge is 0.309 e. The second-order valence-corrected chi connectivity index (χ2v) is 12.7. The summed E-state index contributed by atoms with van der Waals surface area (Å²) in [6.07, 6.45) is 0. The third kappa shape index (κ3) is 4.30. The highest BCUT2D eigenvalue weighted by Crippen LogP contribution is 2.50. The van der Waals surface area contributed by atoms with Gasteiger partial charge in [0.05, 0.1) is 11.0 Å². The molecule has 0 radical (unpaired) electrons. The minimum Gasteiger partial charge on any atom is -0.309 e. The molecule has 2 heteroatoms. The van der Waals surface area contributed by atoms with Crippen LogP contribution in [0.15, 0.2) is 176 Å². The maximum Gasteiger partial charge on any atom is 0.0626 e. The van der Waals surface area contributed by atoms with Gasteiger partial charge in [0.2, 0.25) is 0 Å². The van der Waals surface area contributed by atoms with E-state index in [1.54, 1.807) is 0 Å². The van der Waals surface area contributed by atoms with Crippen LogP contribution in [0, 0.1) is 0 Å². The van der Waals surface area contributed by atoms with Crippen LogP contribution in [0.4, 0.5) is 0 Å². The average molecular weight is 604 g/mol. The van der Waals surface area contributed by atoms with E-state index in [1.807, 2.05) is 11.3 Å². The Hall–Kier alpha value is -5.70. The van der Waals surface area contributed by atoms with Gasteiger partial charge >= 0.3 is 0 Å². The number of hydrogen-bond acceptors (Lipinski definition) is 1. The van der Waals surface area contributed by atoms with Crippen LogP contribution >= 0.6 is 11.3 Å². The summed E-state index contributed by atoms with van der Waals surface area (Å²) in [6, 6.07) is 63.7. The van der Waals surface area contributed by atoms with Crippen molar-refractivity contribution in [1.29, 1.82) is 0 Å². The smallest absolute Gasteiger partial charge is 0.0626 e. The number of aromatic nitrogens is 1. The van der Waals surface area contributed by atoms with Gasteiger partial charge in [-0.1, -0.05) is 152 Å². The number of fused-ring (bicyclic) bond motifs is 4. The molecular weight excluding hydrogens is 575 g/mol. The van der Waals surface area contributed by atoms with Crippen molar-refractivity contribution in [3.63, 3.8) is 0 Å². The van der Waals surface area contributed by atoms with Gasteiger partial charge in [-0.25, -0.2) is 0 Å². The lowest BCUT2D eigenvalue weighted by Crippen LogP contribution is -1.96. The molecule has 0 saturated heterocycles. The predicted octanol–water partition coefficient (Wildman–Crippen LogP) is 12.7. The van der Waals surface area contributed by atoms with Crippen LogP contribution in [0.25, 0.3) is 81.4 Å². The van der Waals surface area contributed by atoms with Gasteiger partial charge in [0.25, 0.3) is 0 Å². The van der Waals surface area contributed by atoms with Crippen LogP contribution < -0.4 is 0 Å². The number of nitrogens with zero attached hydrogens (tertiary/aromatic N) is 1. The minimum absolute atomic E-state index is 1.16. The van der Waals surface area contributed by atoms with Crippen LogP contribution in [0.1, 0.15) is 0 Å². The average Bonchev–Trinajstić information content (AvgIpc) is 3.69. The molecule has 0 saturated carbocycles. The van der Waals surface area contributed by atoms with E-state index in [9.17, 15) is 0 Å². The van der Waals surface area contributed by atoms with Crippen molar-refractivity contribution in [3.8, 4) is 48.8 Å². The third-order valence-electron chi connectivity index (χ3n) is 9.01. The van der Waals surface area contributed by atoms with Crippen LogP contribution in [-0.4, -0.2) is 4.57 Å². The lowest BCUT2D eigenvalue weighted by atomic mass is 9.93. The highest BCUT2D eigenvalue weighted by atomic mass is 32.1. The topological polar surface area (TPSA) is 4.93 Å². The maximum absolute atomic E-state index is 2.45. The molecule has 0 aliphatic heterocycles. The molecular formula is C44H29NS. The van der Waals surface area contributed by atoms with Crippen LogP contribution in [-0.2, 0) is 0 Å². The quantitative estimate of drug-likeness (QED) is 0.184. The van der Waals surface area contributed by atoms with Crippen molar-refractivity contribution in [2.45, 2.75) is 0 Å². The number of rotatable bonds is 5. The molecule has 0 unspecified atom stereocenters. The Balaban J connectivity index is 1.37. The molecule has 0 amide bonds. The van der Waals surface area contributed by atoms with Crippen molar-refractivity contribution >= 4 is 43.9 Å². The number of hydrogen-bond donors (Lipinski definition) is 0. The molecule has 9 rings (SSSR count).